The van der Waals surface area contributed by atoms with Crippen molar-refractivity contribution in [2.75, 3.05) is 7.11 Å². The highest BCUT2D eigenvalue weighted by Gasteiger charge is 2.05. The third kappa shape index (κ3) is 4.26. The third-order valence-electron chi connectivity index (χ3n) is 2.54. The summed E-state index contributed by atoms with van der Waals surface area (Å²) in [5.41, 5.74) is 0.793. The SMILES string of the molecule is COc1ccc(OP(=O)([O-])/C=C/c2ccccc2)cc1. The predicted octanol–water partition coefficient (Wildman–Crippen LogP) is 3.30. The van der Waals surface area contributed by atoms with Crippen molar-refractivity contribution in [2.24, 2.45) is 0 Å². The molecule has 0 saturated carbocycles. The van der Waals surface area contributed by atoms with Gasteiger partial charge in [-0.15, -0.1) is 0 Å². The fraction of sp³-hybridized carbons (Fsp3) is 0.0667. The van der Waals surface area contributed by atoms with Crippen LogP contribution in [0.25, 0.3) is 6.08 Å². The van der Waals surface area contributed by atoms with E-state index in [0.717, 1.165) is 11.4 Å². The smallest absolute Gasteiger partial charge is 0.207 e. The van der Waals surface area contributed by atoms with Gasteiger partial charge in [-0.1, -0.05) is 30.3 Å². The van der Waals surface area contributed by atoms with E-state index < -0.39 is 7.60 Å². The molecule has 0 aliphatic heterocycles. The zero-order chi connectivity index (χ0) is 14.4. The summed E-state index contributed by atoms with van der Waals surface area (Å²) >= 11 is 0. The van der Waals surface area contributed by atoms with Crippen molar-refractivity contribution >= 4 is 13.7 Å². The minimum absolute atomic E-state index is 0.252. The van der Waals surface area contributed by atoms with Gasteiger partial charge in [-0.25, -0.2) is 0 Å². The Bertz CT molecular complexity index is 620. The van der Waals surface area contributed by atoms with E-state index in [1.807, 2.05) is 30.3 Å². The quantitative estimate of drug-likeness (QED) is 0.792. The van der Waals surface area contributed by atoms with Gasteiger partial charge in [0.2, 0.25) is 7.60 Å². The van der Waals surface area contributed by atoms with Crippen molar-refractivity contribution < 1.29 is 18.7 Å². The Morgan fingerprint density at radius 1 is 1.00 bits per heavy atom. The Balaban J connectivity index is 2.06. The van der Waals surface area contributed by atoms with E-state index >= 15 is 0 Å². The van der Waals surface area contributed by atoms with Gasteiger partial charge in [0.15, 0.2) is 0 Å². The lowest BCUT2D eigenvalue weighted by Gasteiger charge is -2.20. The minimum atomic E-state index is -4.07. The Kier molecular flexibility index (Phi) is 4.61. The molecule has 0 N–H and O–H groups in total. The number of methoxy groups -OCH3 is 1. The molecule has 104 valence electrons. The predicted molar refractivity (Wildman–Crippen MR) is 76.7 cm³/mol. The Morgan fingerprint density at radius 2 is 1.60 bits per heavy atom. The first-order valence-electron chi connectivity index (χ1n) is 5.98. The number of hydrogen-bond donors (Lipinski definition) is 0. The normalized spacial score (nSPS) is 13.9. The summed E-state index contributed by atoms with van der Waals surface area (Å²) in [6, 6.07) is 15.5. The molecule has 0 fully saturated rings. The molecule has 0 aliphatic carbocycles. The Morgan fingerprint density at radius 3 is 2.20 bits per heavy atom. The average Bonchev–Trinajstić information content (AvgIpc) is 2.47. The summed E-state index contributed by atoms with van der Waals surface area (Å²) in [7, 11) is -2.54. The molecule has 4 nitrogen and oxygen atoms in total. The van der Waals surface area contributed by atoms with Gasteiger partial charge in [-0.3, -0.25) is 4.57 Å². The van der Waals surface area contributed by atoms with Crippen LogP contribution in [0.4, 0.5) is 0 Å². The highest BCUT2D eigenvalue weighted by atomic mass is 31.2. The van der Waals surface area contributed by atoms with Gasteiger partial charge in [0.05, 0.1) is 7.11 Å². The molecule has 2 aromatic carbocycles. The fourth-order valence-corrected chi connectivity index (χ4v) is 2.39. The Hall–Kier alpha value is -2.03. The molecule has 0 heterocycles. The summed E-state index contributed by atoms with van der Waals surface area (Å²) in [5, 5.41) is 0. The lowest BCUT2D eigenvalue weighted by atomic mass is 10.2. The van der Waals surface area contributed by atoms with E-state index in [1.54, 1.807) is 24.3 Å². The molecule has 2 aromatic rings. The molecule has 0 bridgehead atoms. The lowest BCUT2D eigenvalue weighted by Crippen LogP contribution is -2.04. The van der Waals surface area contributed by atoms with Crippen LogP contribution in [-0.2, 0) is 4.57 Å². The number of hydrogen-bond acceptors (Lipinski definition) is 4. The molecule has 0 aromatic heterocycles. The van der Waals surface area contributed by atoms with E-state index in [2.05, 4.69) is 0 Å². The van der Waals surface area contributed by atoms with E-state index in [0.29, 0.717) is 5.75 Å². The van der Waals surface area contributed by atoms with Gasteiger partial charge in [0.1, 0.15) is 11.5 Å². The molecule has 0 amide bonds. The van der Waals surface area contributed by atoms with Gasteiger partial charge >= 0.3 is 0 Å². The maximum absolute atomic E-state index is 11.8. The van der Waals surface area contributed by atoms with Crippen LogP contribution in [-0.4, -0.2) is 7.11 Å². The molecule has 20 heavy (non-hydrogen) atoms. The summed E-state index contributed by atoms with van der Waals surface area (Å²) in [4.78, 5) is 11.8. The van der Waals surface area contributed by atoms with Crippen molar-refractivity contribution in [1.29, 1.82) is 0 Å². The van der Waals surface area contributed by atoms with Crippen molar-refractivity contribution in [3.63, 3.8) is 0 Å². The molecule has 0 aliphatic rings. The summed E-state index contributed by atoms with van der Waals surface area (Å²) in [6.07, 6.45) is 1.50. The first-order chi connectivity index (χ1) is 9.59. The zero-order valence-corrected chi connectivity index (χ0v) is 11.8. The van der Waals surface area contributed by atoms with Crippen molar-refractivity contribution in [1.82, 2.24) is 0 Å². The molecular weight excluding hydrogens is 275 g/mol. The Labute approximate surface area is 117 Å². The summed E-state index contributed by atoms with van der Waals surface area (Å²) < 4.78 is 21.8. The molecule has 1 unspecified atom stereocenters. The summed E-state index contributed by atoms with van der Waals surface area (Å²) in [5.74, 6) is 1.95. The van der Waals surface area contributed by atoms with E-state index in [4.69, 9.17) is 9.26 Å². The van der Waals surface area contributed by atoms with E-state index in [-0.39, 0.29) is 5.75 Å². The zero-order valence-electron chi connectivity index (χ0n) is 10.9. The minimum Gasteiger partial charge on any atom is -0.766 e. The highest BCUT2D eigenvalue weighted by Crippen LogP contribution is 2.40. The highest BCUT2D eigenvalue weighted by molar-refractivity contribution is 7.55. The van der Waals surface area contributed by atoms with Crippen LogP contribution in [0.15, 0.2) is 60.4 Å². The molecule has 0 spiro atoms. The average molecular weight is 289 g/mol. The molecule has 1 atom stereocenters. The first-order valence-corrected chi connectivity index (χ1v) is 7.59. The van der Waals surface area contributed by atoms with Crippen molar-refractivity contribution in [3.05, 3.63) is 66.0 Å². The maximum Gasteiger partial charge on any atom is 0.207 e. The third-order valence-corrected chi connectivity index (χ3v) is 3.52. The van der Waals surface area contributed by atoms with Crippen LogP contribution < -0.4 is 14.2 Å². The second kappa shape index (κ2) is 6.42. The largest absolute Gasteiger partial charge is 0.766 e. The monoisotopic (exact) mass is 289 g/mol. The number of ether oxygens (including phenoxy) is 1. The van der Waals surface area contributed by atoms with Crippen LogP contribution in [0.2, 0.25) is 0 Å². The molecule has 5 heteroatoms. The van der Waals surface area contributed by atoms with Crippen molar-refractivity contribution in [3.8, 4) is 11.5 Å². The second-order valence-electron chi connectivity index (χ2n) is 4.03. The van der Waals surface area contributed by atoms with Gasteiger partial charge < -0.3 is 14.2 Å². The number of benzene rings is 2. The van der Waals surface area contributed by atoms with Crippen LogP contribution >= 0.6 is 7.60 Å². The second-order valence-corrected chi connectivity index (χ2v) is 5.59. The van der Waals surface area contributed by atoms with Crippen molar-refractivity contribution in [2.45, 2.75) is 0 Å². The van der Waals surface area contributed by atoms with Crippen LogP contribution in [0.1, 0.15) is 5.56 Å². The van der Waals surface area contributed by atoms with Crippen LogP contribution in [0, 0.1) is 0 Å². The molecule has 0 radical (unpaired) electrons. The number of rotatable bonds is 5. The molecular formula is C15H14O4P-. The van der Waals surface area contributed by atoms with Gasteiger partial charge in [-0.05, 0) is 41.7 Å². The molecule has 2 rings (SSSR count). The van der Waals surface area contributed by atoms with E-state index in [1.165, 1.54) is 13.2 Å². The lowest BCUT2D eigenvalue weighted by molar-refractivity contribution is -0.187. The molecule has 0 saturated heterocycles. The standard InChI is InChI=1S/C15H15O4P/c1-18-14-7-9-15(10-8-14)19-20(16,17)12-11-13-5-3-2-4-6-13/h2-12H,1H3,(H,16,17)/p-1/b12-11+. The van der Waals surface area contributed by atoms with Crippen LogP contribution in [0.5, 0.6) is 11.5 Å². The van der Waals surface area contributed by atoms with Crippen LogP contribution in [0.3, 0.4) is 0 Å². The van der Waals surface area contributed by atoms with E-state index in [9.17, 15) is 9.46 Å². The van der Waals surface area contributed by atoms with Gasteiger partial charge in [0, 0.05) is 0 Å². The maximum atomic E-state index is 11.8. The van der Waals surface area contributed by atoms with Gasteiger partial charge in [0.25, 0.3) is 0 Å². The fourth-order valence-electron chi connectivity index (χ4n) is 1.56. The summed E-state index contributed by atoms with van der Waals surface area (Å²) in [6.45, 7) is 0. The van der Waals surface area contributed by atoms with Gasteiger partial charge in [-0.2, -0.15) is 0 Å². The first kappa shape index (κ1) is 14.4. The topological polar surface area (TPSA) is 58.6 Å².